The highest BCUT2D eigenvalue weighted by molar-refractivity contribution is 7.19. The summed E-state index contributed by atoms with van der Waals surface area (Å²) in [7, 11) is 0. The van der Waals surface area contributed by atoms with Gasteiger partial charge in [0.05, 0.1) is 11.9 Å². The van der Waals surface area contributed by atoms with Crippen LogP contribution in [0.3, 0.4) is 0 Å². The molecule has 116 valence electrons. The SMILES string of the molecule is Nc1ncnc2sc3c(c12)CCN(C(=O)C1CCCCC1)C3. The Hall–Kier alpha value is -1.69. The van der Waals surface area contributed by atoms with Crippen LogP contribution in [-0.4, -0.2) is 27.3 Å². The van der Waals surface area contributed by atoms with Gasteiger partial charge in [-0.25, -0.2) is 9.97 Å². The molecule has 0 bridgehead atoms. The second-order valence-corrected chi connectivity index (χ2v) is 7.37. The van der Waals surface area contributed by atoms with Gasteiger partial charge in [-0.05, 0) is 24.8 Å². The van der Waals surface area contributed by atoms with E-state index in [1.807, 2.05) is 4.90 Å². The molecule has 0 spiro atoms. The molecule has 0 saturated heterocycles. The van der Waals surface area contributed by atoms with Crippen molar-refractivity contribution in [2.75, 3.05) is 12.3 Å². The molecule has 1 fully saturated rings. The summed E-state index contributed by atoms with van der Waals surface area (Å²) in [5.41, 5.74) is 7.27. The predicted octanol–water partition coefficient (Wildman–Crippen LogP) is 2.74. The molecule has 2 aromatic rings. The number of carbonyl (C=O) groups excluding carboxylic acids is 1. The van der Waals surface area contributed by atoms with E-state index in [0.717, 1.165) is 36.0 Å². The van der Waals surface area contributed by atoms with Gasteiger partial charge in [0, 0.05) is 17.3 Å². The molecule has 2 aromatic heterocycles. The minimum absolute atomic E-state index is 0.245. The van der Waals surface area contributed by atoms with Gasteiger partial charge in [0.1, 0.15) is 17.0 Å². The molecule has 22 heavy (non-hydrogen) atoms. The second kappa shape index (κ2) is 5.50. The van der Waals surface area contributed by atoms with E-state index in [0.29, 0.717) is 18.3 Å². The maximum Gasteiger partial charge on any atom is 0.226 e. The molecule has 5 nitrogen and oxygen atoms in total. The third-order valence-corrected chi connectivity index (χ3v) is 6.06. The summed E-state index contributed by atoms with van der Waals surface area (Å²) in [5, 5.41) is 1.01. The normalized spacial score (nSPS) is 19.4. The molecule has 1 amide bonds. The number of hydrogen-bond donors (Lipinski definition) is 1. The molecule has 2 aliphatic rings. The zero-order valence-corrected chi connectivity index (χ0v) is 13.4. The zero-order chi connectivity index (χ0) is 15.1. The fraction of sp³-hybridized carbons (Fsp3) is 0.562. The Morgan fingerprint density at radius 2 is 2.09 bits per heavy atom. The van der Waals surface area contributed by atoms with Gasteiger partial charge in [0.2, 0.25) is 5.91 Å². The number of nitrogens with zero attached hydrogens (tertiary/aromatic N) is 3. The van der Waals surface area contributed by atoms with Crippen LogP contribution in [0.5, 0.6) is 0 Å². The standard InChI is InChI=1S/C16H20N4OS/c17-14-13-11-6-7-20(16(21)10-4-2-1-3-5-10)8-12(11)22-15(13)19-9-18-14/h9-10H,1-8H2,(H2,17,18,19). The maximum atomic E-state index is 12.7. The van der Waals surface area contributed by atoms with E-state index in [-0.39, 0.29) is 5.92 Å². The van der Waals surface area contributed by atoms with Crippen molar-refractivity contribution >= 4 is 33.3 Å². The van der Waals surface area contributed by atoms with Crippen molar-refractivity contribution < 1.29 is 4.79 Å². The van der Waals surface area contributed by atoms with Crippen molar-refractivity contribution in [2.45, 2.75) is 45.1 Å². The number of rotatable bonds is 1. The molecule has 4 rings (SSSR count). The van der Waals surface area contributed by atoms with Crippen LogP contribution in [0.2, 0.25) is 0 Å². The van der Waals surface area contributed by atoms with Crippen LogP contribution in [0, 0.1) is 5.92 Å². The quantitative estimate of drug-likeness (QED) is 0.878. The van der Waals surface area contributed by atoms with E-state index in [1.165, 1.54) is 36.0 Å². The number of amides is 1. The second-order valence-electron chi connectivity index (χ2n) is 6.29. The smallest absolute Gasteiger partial charge is 0.226 e. The maximum absolute atomic E-state index is 12.7. The summed E-state index contributed by atoms with van der Waals surface area (Å²) < 4.78 is 0. The van der Waals surface area contributed by atoms with Gasteiger partial charge in [-0.1, -0.05) is 19.3 Å². The number of anilines is 1. The molecule has 1 saturated carbocycles. The number of carbonyl (C=O) groups is 1. The fourth-order valence-electron chi connectivity index (χ4n) is 3.75. The van der Waals surface area contributed by atoms with Crippen LogP contribution in [0.15, 0.2) is 6.33 Å². The molecule has 0 atom stereocenters. The van der Waals surface area contributed by atoms with Crippen LogP contribution >= 0.6 is 11.3 Å². The molecule has 2 N–H and O–H groups in total. The number of hydrogen-bond acceptors (Lipinski definition) is 5. The summed E-state index contributed by atoms with van der Waals surface area (Å²) in [6, 6.07) is 0. The first-order valence-corrected chi connectivity index (χ1v) is 8.85. The topological polar surface area (TPSA) is 72.1 Å². The van der Waals surface area contributed by atoms with Crippen molar-refractivity contribution in [1.29, 1.82) is 0 Å². The molecule has 0 aromatic carbocycles. The summed E-state index contributed by atoms with van der Waals surface area (Å²) in [6.45, 7) is 1.51. The van der Waals surface area contributed by atoms with Gasteiger partial charge in [-0.2, -0.15) is 0 Å². The highest BCUT2D eigenvalue weighted by Crippen LogP contribution is 2.37. The van der Waals surface area contributed by atoms with Gasteiger partial charge < -0.3 is 10.6 Å². The predicted molar refractivity (Wildman–Crippen MR) is 87.5 cm³/mol. The lowest BCUT2D eigenvalue weighted by Gasteiger charge is -2.32. The Labute approximate surface area is 133 Å². The first kappa shape index (κ1) is 13.9. The van der Waals surface area contributed by atoms with E-state index >= 15 is 0 Å². The Kier molecular flexibility index (Phi) is 3.48. The molecule has 3 heterocycles. The minimum Gasteiger partial charge on any atom is -0.383 e. The highest BCUT2D eigenvalue weighted by atomic mass is 32.1. The lowest BCUT2D eigenvalue weighted by Crippen LogP contribution is -2.39. The van der Waals surface area contributed by atoms with Crippen molar-refractivity contribution in [1.82, 2.24) is 14.9 Å². The van der Waals surface area contributed by atoms with Crippen molar-refractivity contribution in [3.63, 3.8) is 0 Å². The number of nitrogen functional groups attached to an aromatic ring is 1. The summed E-state index contributed by atoms with van der Waals surface area (Å²) in [4.78, 5) is 25.4. The van der Waals surface area contributed by atoms with Crippen LogP contribution in [0.1, 0.15) is 42.5 Å². The highest BCUT2D eigenvalue weighted by Gasteiger charge is 2.30. The van der Waals surface area contributed by atoms with Crippen molar-refractivity contribution in [3.05, 3.63) is 16.8 Å². The van der Waals surface area contributed by atoms with Gasteiger partial charge in [-0.3, -0.25) is 4.79 Å². The monoisotopic (exact) mass is 316 g/mol. The van der Waals surface area contributed by atoms with Crippen LogP contribution in [0.25, 0.3) is 10.2 Å². The molecule has 6 heteroatoms. The zero-order valence-electron chi connectivity index (χ0n) is 12.5. The van der Waals surface area contributed by atoms with E-state index in [9.17, 15) is 4.79 Å². The largest absolute Gasteiger partial charge is 0.383 e. The fourth-order valence-corrected chi connectivity index (χ4v) is 4.96. The molecule has 1 aliphatic carbocycles. The Bertz CT molecular complexity index is 720. The Morgan fingerprint density at radius 1 is 1.27 bits per heavy atom. The third kappa shape index (κ3) is 2.26. The van der Waals surface area contributed by atoms with Crippen LogP contribution in [0.4, 0.5) is 5.82 Å². The van der Waals surface area contributed by atoms with Crippen molar-refractivity contribution in [3.8, 4) is 0 Å². The van der Waals surface area contributed by atoms with Crippen LogP contribution < -0.4 is 5.73 Å². The Balaban J connectivity index is 1.60. The van der Waals surface area contributed by atoms with Crippen molar-refractivity contribution in [2.24, 2.45) is 5.92 Å². The lowest BCUT2D eigenvalue weighted by molar-refractivity contribution is -0.137. The number of aromatic nitrogens is 2. The summed E-state index contributed by atoms with van der Waals surface area (Å²) in [6.07, 6.45) is 8.19. The molecule has 1 aliphatic heterocycles. The van der Waals surface area contributed by atoms with E-state index in [2.05, 4.69) is 9.97 Å². The van der Waals surface area contributed by atoms with Gasteiger partial charge in [0.25, 0.3) is 0 Å². The number of thiophene rings is 1. The Morgan fingerprint density at radius 3 is 2.91 bits per heavy atom. The van der Waals surface area contributed by atoms with Gasteiger partial charge in [0.15, 0.2) is 0 Å². The lowest BCUT2D eigenvalue weighted by atomic mass is 9.88. The molecular weight excluding hydrogens is 296 g/mol. The number of nitrogens with two attached hydrogens (primary N) is 1. The average Bonchev–Trinajstić information content (AvgIpc) is 2.93. The first-order chi connectivity index (χ1) is 10.7. The van der Waals surface area contributed by atoms with Crippen LogP contribution in [-0.2, 0) is 17.8 Å². The van der Waals surface area contributed by atoms with Gasteiger partial charge >= 0.3 is 0 Å². The summed E-state index contributed by atoms with van der Waals surface area (Å²) in [5.74, 6) is 1.16. The van der Waals surface area contributed by atoms with E-state index in [1.54, 1.807) is 11.3 Å². The van der Waals surface area contributed by atoms with Gasteiger partial charge in [-0.15, -0.1) is 11.3 Å². The van der Waals surface area contributed by atoms with E-state index in [4.69, 9.17) is 5.73 Å². The third-order valence-electron chi connectivity index (χ3n) is 4.93. The first-order valence-electron chi connectivity index (χ1n) is 8.03. The van der Waals surface area contributed by atoms with E-state index < -0.39 is 0 Å². The molecular formula is C16H20N4OS. The number of fused-ring (bicyclic) bond motifs is 3. The molecule has 0 unspecified atom stereocenters. The summed E-state index contributed by atoms with van der Waals surface area (Å²) >= 11 is 1.66. The minimum atomic E-state index is 0.245. The molecule has 0 radical (unpaired) electrons. The average molecular weight is 316 g/mol.